The second-order valence-electron chi connectivity index (χ2n) is 6.70. The number of aryl methyl sites for hydroxylation is 2. The lowest BCUT2D eigenvalue weighted by atomic mass is 10.1. The molecule has 5 nitrogen and oxygen atoms in total. The molecule has 0 spiro atoms. The fraction of sp³-hybridized carbons (Fsp3) is 0.286. The van der Waals surface area contributed by atoms with E-state index in [1.165, 1.54) is 11.4 Å². The maximum atomic E-state index is 12.5. The van der Waals surface area contributed by atoms with Crippen LogP contribution in [0.1, 0.15) is 33.5 Å². The summed E-state index contributed by atoms with van der Waals surface area (Å²) in [7, 11) is 3.94. The van der Waals surface area contributed by atoms with Gasteiger partial charge in [-0.1, -0.05) is 0 Å². The third-order valence-electron chi connectivity index (χ3n) is 4.61. The van der Waals surface area contributed by atoms with Crippen LogP contribution in [0.4, 0.5) is 0 Å². The van der Waals surface area contributed by atoms with E-state index in [0.29, 0.717) is 12.1 Å². The van der Waals surface area contributed by atoms with Gasteiger partial charge < -0.3 is 14.3 Å². The van der Waals surface area contributed by atoms with Gasteiger partial charge in [0.2, 0.25) is 0 Å². The van der Waals surface area contributed by atoms with E-state index in [1.807, 2.05) is 55.4 Å². The second-order valence-corrected chi connectivity index (χ2v) is 6.70. The Hall–Kier alpha value is -2.79. The number of hydrogen-bond acceptors (Lipinski definition) is 3. The van der Waals surface area contributed by atoms with Crippen molar-refractivity contribution in [2.45, 2.75) is 19.9 Å². The van der Waals surface area contributed by atoms with Crippen molar-refractivity contribution in [2.24, 2.45) is 0 Å². The van der Waals surface area contributed by atoms with Crippen LogP contribution in [0.25, 0.3) is 5.69 Å². The molecule has 0 bridgehead atoms. The highest BCUT2D eigenvalue weighted by Crippen LogP contribution is 2.19. The van der Waals surface area contributed by atoms with E-state index in [-0.39, 0.29) is 11.9 Å². The summed E-state index contributed by atoms with van der Waals surface area (Å²) in [4.78, 5) is 14.5. The molecule has 1 aromatic carbocycles. The standard InChI is InChI=1S/C21H25N3O2/c1-15-7-8-16(2)24(15)18-11-9-17(10-12-18)21(25)22-14-19(23(3)4)20-6-5-13-26-20/h5-13,19H,14H2,1-4H3,(H,22,25). The van der Waals surface area contributed by atoms with Crippen LogP contribution < -0.4 is 5.32 Å². The lowest BCUT2D eigenvalue weighted by Gasteiger charge is -2.22. The van der Waals surface area contributed by atoms with Gasteiger partial charge in [-0.25, -0.2) is 0 Å². The molecule has 1 unspecified atom stereocenters. The van der Waals surface area contributed by atoms with Gasteiger partial charge in [0.15, 0.2) is 0 Å². The SMILES string of the molecule is Cc1ccc(C)n1-c1ccc(C(=O)NCC(c2ccco2)N(C)C)cc1. The first-order valence-corrected chi connectivity index (χ1v) is 8.71. The van der Waals surface area contributed by atoms with Crippen LogP contribution in [-0.4, -0.2) is 36.0 Å². The Labute approximate surface area is 154 Å². The van der Waals surface area contributed by atoms with Crippen molar-refractivity contribution in [3.05, 3.63) is 77.5 Å². The Morgan fingerprint density at radius 3 is 2.27 bits per heavy atom. The quantitative estimate of drug-likeness (QED) is 0.736. The van der Waals surface area contributed by atoms with Crippen LogP contribution in [0.5, 0.6) is 0 Å². The first-order valence-electron chi connectivity index (χ1n) is 8.71. The van der Waals surface area contributed by atoms with Crippen molar-refractivity contribution in [1.82, 2.24) is 14.8 Å². The van der Waals surface area contributed by atoms with Gasteiger partial charge in [-0.2, -0.15) is 0 Å². The summed E-state index contributed by atoms with van der Waals surface area (Å²) in [6.07, 6.45) is 1.65. The number of carbonyl (C=O) groups excluding carboxylic acids is 1. The molecule has 2 heterocycles. The van der Waals surface area contributed by atoms with Crippen molar-refractivity contribution in [3.8, 4) is 5.69 Å². The topological polar surface area (TPSA) is 50.4 Å². The lowest BCUT2D eigenvalue weighted by Crippen LogP contribution is -2.34. The van der Waals surface area contributed by atoms with Crippen molar-refractivity contribution >= 4 is 5.91 Å². The van der Waals surface area contributed by atoms with Crippen LogP contribution in [0, 0.1) is 13.8 Å². The molecule has 1 amide bonds. The van der Waals surface area contributed by atoms with Crippen molar-refractivity contribution in [2.75, 3.05) is 20.6 Å². The Morgan fingerprint density at radius 2 is 1.73 bits per heavy atom. The number of likely N-dealkylation sites (N-methyl/N-ethyl adjacent to an activating group) is 1. The van der Waals surface area contributed by atoms with Crippen molar-refractivity contribution in [3.63, 3.8) is 0 Å². The van der Waals surface area contributed by atoms with Gasteiger partial charge in [0.05, 0.1) is 12.3 Å². The van der Waals surface area contributed by atoms with Gasteiger partial charge in [0.25, 0.3) is 5.91 Å². The fourth-order valence-electron chi connectivity index (χ4n) is 3.15. The third kappa shape index (κ3) is 3.73. The number of nitrogens with zero attached hydrogens (tertiary/aromatic N) is 2. The zero-order chi connectivity index (χ0) is 18.7. The maximum Gasteiger partial charge on any atom is 0.251 e. The molecule has 0 fully saturated rings. The summed E-state index contributed by atoms with van der Waals surface area (Å²) < 4.78 is 7.65. The minimum absolute atomic E-state index is 0.00148. The third-order valence-corrected chi connectivity index (χ3v) is 4.61. The Morgan fingerprint density at radius 1 is 1.08 bits per heavy atom. The monoisotopic (exact) mass is 351 g/mol. The van der Waals surface area contributed by atoms with E-state index >= 15 is 0 Å². The number of amides is 1. The molecule has 0 radical (unpaired) electrons. The van der Waals surface area contributed by atoms with Gasteiger partial charge in [-0.3, -0.25) is 9.69 Å². The van der Waals surface area contributed by atoms with Gasteiger partial charge >= 0.3 is 0 Å². The molecule has 0 aliphatic carbocycles. The van der Waals surface area contributed by atoms with E-state index in [2.05, 4.69) is 35.9 Å². The van der Waals surface area contributed by atoms with Crippen LogP contribution in [0.15, 0.2) is 59.2 Å². The van der Waals surface area contributed by atoms with Crippen LogP contribution in [0.3, 0.4) is 0 Å². The van der Waals surface area contributed by atoms with E-state index < -0.39 is 0 Å². The Balaban J connectivity index is 1.68. The summed E-state index contributed by atoms with van der Waals surface area (Å²) >= 11 is 0. The predicted octanol–water partition coefficient (Wildman–Crippen LogP) is 3.72. The lowest BCUT2D eigenvalue weighted by molar-refractivity contribution is 0.0939. The van der Waals surface area contributed by atoms with Crippen LogP contribution in [-0.2, 0) is 0 Å². The molecular formula is C21H25N3O2. The molecule has 5 heteroatoms. The van der Waals surface area contributed by atoms with Gasteiger partial charge in [-0.05, 0) is 76.5 Å². The number of carbonyl (C=O) groups is 1. The first-order chi connectivity index (χ1) is 12.5. The fourth-order valence-corrected chi connectivity index (χ4v) is 3.15. The van der Waals surface area contributed by atoms with Crippen molar-refractivity contribution in [1.29, 1.82) is 0 Å². The molecule has 2 aromatic heterocycles. The van der Waals surface area contributed by atoms with Crippen molar-refractivity contribution < 1.29 is 9.21 Å². The normalized spacial score (nSPS) is 12.3. The minimum atomic E-state index is -0.0871. The van der Waals surface area contributed by atoms with E-state index in [4.69, 9.17) is 4.42 Å². The molecule has 136 valence electrons. The number of rotatable bonds is 6. The molecule has 0 aliphatic heterocycles. The molecule has 26 heavy (non-hydrogen) atoms. The number of benzene rings is 1. The highest BCUT2D eigenvalue weighted by Gasteiger charge is 2.18. The summed E-state index contributed by atoms with van der Waals surface area (Å²) in [5.74, 6) is 0.750. The molecule has 3 aromatic rings. The highest BCUT2D eigenvalue weighted by atomic mass is 16.3. The maximum absolute atomic E-state index is 12.5. The number of aromatic nitrogens is 1. The van der Waals surface area contributed by atoms with E-state index in [1.54, 1.807) is 6.26 Å². The first kappa shape index (κ1) is 18.0. The second kappa shape index (κ2) is 7.62. The van der Waals surface area contributed by atoms with E-state index in [9.17, 15) is 4.79 Å². The van der Waals surface area contributed by atoms with Crippen LogP contribution >= 0.6 is 0 Å². The summed E-state index contributed by atoms with van der Waals surface area (Å²) in [5.41, 5.74) is 4.05. The molecular weight excluding hydrogens is 326 g/mol. The predicted molar refractivity (Wildman–Crippen MR) is 103 cm³/mol. The molecule has 3 rings (SSSR count). The van der Waals surface area contributed by atoms with Crippen LogP contribution in [0.2, 0.25) is 0 Å². The minimum Gasteiger partial charge on any atom is -0.468 e. The summed E-state index contributed by atoms with van der Waals surface area (Å²) in [6.45, 7) is 4.63. The van der Waals surface area contributed by atoms with Gasteiger partial charge in [-0.15, -0.1) is 0 Å². The molecule has 0 saturated carbocycles. The average molecular weight is 351 g/mol. The molecule has 1 N–H and O–H groups in total. The van der Waals surface area contributed by atoms with E-state index in [0.717, 1.165) is 11.4 Å². The molecule has 0 saturated heterocycles. The largest absolute Gasteiger partial charge is 0.468 e. The molecule has 0 aliphatic rings. The summed E-state index contributed by atoms with van der Waals surface area (Å²) in [5, 5.41) is 3.00. The average Bonchev–Trinajstić information content (AvgIpc) is 3.25. The number of furan rings is 1. The van der Waals surface area contributed by atoms with Gasteiger partial charge in [0.1, 0.15) is 5.76 Å². The smallest absolute Gasteiger partial charge is 0.251 e. The summed E-state index contributed by atoms with van der Waals surface area (Å²) in [6, 6.07) is 15.6. The Kier molecular flexibility index (Phi) is 5.28. The highest BCUT2D eigenvalue weighted by molar-refractivity contribution is 5.94. The molecule has 1 atom stereocenters. The number of nitrogens with one attached hydrogen (secondary N) is 1. The zero-order valence-corrected chi connectivity index (χ0v) is 15.7. The van der Waals surface area contributed by atoms with Gasteiger partial charge in [0, 0.05) is 29.2 Å². The Bertz CT molecular complexity index is 842. The zero-order valence-electron chi connectivity index (χ0n) is 15.7. The number of hydrogen-bond donors (Lipinski definition) is 1.